The third-order valence-electron chi connectivity index (χ3n) is 0.0500. The van der Waals surface area contributed by atoms with Crippen LogP contribution in [0.4, 0.5) is 0 Å². The van der Waals surface area contributed by atoms with Crippen LogP contribution >= 0.6 is 0 Å². The summed E-state index contributed by atoms with van der Waals surface area (Å²) >= 11 is 0. The summed E-state index contributed by atoms with van der Waals surface area (Å²) in [5.74, 6) is 0. The molecule has 0 radical (unpaired) electrons. The molecule has 0 aromatic rings. The molecule has 0 spiro atoms. The predicted octanol–water partition coefficient (Wildman–Crippen LogP) is -2.85. The molecule has 0 N–H and O–H groups in total. The van der Waals surface area contributed by atoms with Crippen LogP contribution in [0.15, 0.2) is 0 Å². The minimum absolute atomic E-state index is 0. The van der Waals surface area contributed by atoms with Gasteiger partial charge in [0, 0.05) is 0 Å². The van der Waals surface area contributed by atoms with Crippen molar-refractivity contribution in [1.82, 2.24) is 0 Å². The molecule has 0 amide bonds. The summed E-state index contributed by atoms with van der Waals surface area (Å²) in [6, 6.07) is 2.47. The second-order valence-electron chi connectivity index (χ2n) is 0.224. The van der Waals surface area contributed by atoms with E-state index in [0.29, 0.717) is 0 Å². The van der Waals surface area contributed by atoms with Gasteiger partial charge in [0.15, 0.2) is 12.1 Å². The minimum atomic E-state index is 0. The second kappa shape index (κ2) is 9.55. The Morgan fingerprint density at radius 2 is 1.40 bits per heavy atom. The summed E-state index contributed by atoms with van der Waals surface area (Å²) in [7, 11) is 0. The van der Waals surface area contributed by atoms with Crippen LogP contribution < -0.4 is 18.9 Å². The molecule has 0 saturated heterocycles. The number of nitriles is 2. The Morgan fingerprint density at radius 1 is 1.20 bits per heavy atom. The van der Waals surface area contributed by atoms with Crippen LogP contribution in [0.3, 0.4) is 0 Å². The molecule has 0 aromatic heterocycles. The fourth-order valence-electron chi connectivity index (χ4n) is 0. The van der Waals surface area contributed by atoms with E-state index in [4.69, 9.17) is 10.5 Å². The van der Waals surface area contributed by atoms with Crippen LogP contribution in [0, 0.1) is 22.7 Å². The molecule has 0 saturated carbocycles. The van der Waals surface area contributed by atoms with Crippen molar-refractivity contribution in [2.45, 2.75) is 0 Å². The van der Waals surface area contributed by atoms with Gasteiger partial charge in [-0.25, -0.2) is 0 Å². The van der Waals surface area contributed by atoms with Crippen LogP contribution in [-0.4, -0.2) is 0 Å². The van der Waals surface area contributed by atoms with Gasteiger partial charge in [0.2, 0.25) is 0 Å². The molecule has 0 aromatic carbocycles. The molecular weight excluding hydrogens is 59.0 g/mol. The van der Waals surface area contributed by atoms with Gasteiger partial charge in [-0.15, -0.1) is 0 Å². The zero-order chi connectivity index (χ0) is 3.41. The summed E-state index contributed by atoms with van der Waals surface area (Å²) in [6.07, 6.45) is 0. The first-order valence-corrected chi connectivity index (χ1v) is 0.697. The third-order valence-corrected chi connectivity index (χ3v) is 0.0500. The number of hydrogen-bond donors (Lipinski definition) is 0. The summed E-state index contributed by atoms with van der Waals surface area (Å²) in [4.78, 5) is 0. The average Bonchev–Trinajstić information content (AvgIpc) is 1.37. The predicted molar refractivity (Wildman–Crippen MR) is 12.3 cm³/mol. The van der Waals surface area contributed by atoms with Crippen molar-refractivity contribution in [3.63, 3.8) is 0 Å². The van der Waals surface area contributed by atoms with E-state index in [1.165, 1.54) is 12.1 Å². The van der Waals surface area contributed by atoms with E-state index in [9.17, 15) is 0 Å². The maximum Gasteiger partial charge on any atom is 1.00 e. The van der Waals surface area contributed by atoms with Gasteiger partial charge in [-0.2, -0.15) is 10.5 Å². The zero-order valence-electron chi connectivity index (χ0n) is 3.89. The molecule has 0 atom stereocenters. The fraction of sp³-hybridized carbons (Fsp3) is 0. The minimum Gasteiger partial charge on any atom is -1.00 e. The average molecular weight is 60.0 g/mol. The van der Waals surface area contributed by atoms with E-state index in [2.05, 4.69) is 0 Å². The van der Waals surface area contributed by atoms with Crippen molar-refractivity contribution in [3.8, 4) is 12.1 Å². The molecule has 20 valence electrons. The van der Waals surface area contributed by atoms with Crippen molar-refractivity contribution in [1.29, 1.82) is 10.5 Å². The van der Waals surface area contributed by atoms with E-state index in [1.807, 2.05) is 0 Å². The number of nitrogens with zero attached hydrogens (tertiary/aromatic N) is 2. The second-order valence-corrected chi connectivity index (χ2v) is 0.224. The monoisotopic (exact) mass is 60.0 g/mol. The van der Waals surface area contributed by atoms with E-state index >= 15 is 0 Å². The van der Waals surface area contributed by atoms with Crippen LogP contribution in [0.2, 0.25) is 0 Å². The van der Waals surface area contributed by atoms with Gasteiger partial charge in [-0.1, -0.05) is 0 Å². The molecule has 0 unspecified atom stereocenters. The smallest absolute Gasteiger partial charge is 1.00 e. The van der Waals surface area contributed by atoms with Gasteiger partial charge >= 0.3 is 18.9 Å². The van der Waals surface area contributed by atoms with E-state index < -0.39 is 0 Å². The summed E-state index contributed by atoms with van der Waals surface area (Å²) < 4.78 is 0. The Morgan fingerprint density at radius 3 is 1.40 bits per heavy atom. The Bertz CT molecular complexity index is 66.5. The first kappa shape index (κ1) is 8.82. The molecule has 5 heavy (non-hydrogen) atoms. The summed E-state index contributed by atoms with van der Waals surface area (Å²) in [5, 5.41) is 14.5. The summed E-state index contributed by atoms with van der Waals surface area (Å²) in [5.41, 5.74) is 0. The van der Waals surface area contributed by atoms with Crippen molar-refractivity contribution in [2.24, 2.45) is 0 Å². The molecule has 0 aliphatic rings. The van der Waals surface area contributed by atoms with Crippen LogP contribution in [-0.2, 0) is 0 Å². The van der Waals surface area contributed by atoms with Crippen LogP contribution in [0.25, 0.3) is 0 Å². The Kier molecular flexibility index (Phi) is 16.8. The maximum atomic E-state index is 7.26. The molecule has 0 rings (SSSR count). The Balaban J connectivity index is -0.0000000450. The van der Waals surface area contributed by atoms with Gasteiger partial charge in [-0.05, 0) is 0 Å². The number of rotatable bonds is 0. The molecule has 0 aliphatic carbocycles. The number of hydrogen-bond acceptors (Lipinski definition) is 2. The largest absolute Gasteiger partial charge is 1.00 e. The van der Waals surface area contributed by atoms with E-state index in [-0.39, 0.29) is 20.3 Å². The molecule has 0 aliphatic heterocycles. The Labute approximate surface area is 43.7 Å². The van der Waals surface area contributed by atoms with Crippen molar-refractivity contribution in [3.05, 3.63) is 0 Å². The molecule has 0 heterocycles. The van der Waals surface area contributed by atoms with Gasteiger partial charge in [-0.3, -0.25) is 0 Å². The van der Waals surface area contributed by atoms with Crippen molar-refractivity contribution >= 4 is 0 Å². The first-order valence-electron chi connectivity index (χ1n) is 0.697. The first-order chi connectivity index (χ1) is 1.91. The molecule has 0 bridgehead atoms. The van der Waals surface area contributed by atoms with Gasteiger partial charge in [0.25, 0.3) is 0 Å². The quantitative estimate of drug-likeness (QED) is 0.282. The zero-order valence-corrected chi connectivity index (χ0v) is 2.89. The van der Waals surface area contributed by atoms with Gasteiger partial charge < -0.3 is 1.43 Å². The fourth-order valence-corrected chi connectivity index (χ4v) is 0. The molecular formula is C2HLiN2. The molecule has 0 fully saturated rings. The van der Waals surface area contributed by atoms with Crippen LogP contribution in [0.5, 0.6) is 0 Å². The SMILES string of the molecule is N#CC#N.[H-].[Li+]. The molecule has 3 heteroatoms. The summed E-state index contributed by atoms with van der Waals surface area (Å²) in [6.45, 7) is 0. The van der Waals surface area contributed by atoms with Crippen molar-refractivity contribution in [2.75, 3.05) is 0 Å². The standard InChI is InChI=1S/C2N2.Li.H/c3-1-2-4;;/q;+1;-1. The van der Waals surface area contributed by atoms with Crippen molar-refractivity contribution < 1.29 is 20.3 Å². The third kappa shape index (κ3) is 26.7. The van der Waals surface area contributed by atoms with Crippen LogP contribution in [0.1, 0.15) is 1.43 Å². The topological polar surface area (TPSA) is 47.6 Å². The van der Waals surface area contributed by atoms with Gasteiger partial charge in [0.1, 0.15) is 0 Å². The van der Waals surface area contributed by atoms with E-state index in [0.717, 1.165) is 0 Å². The maximum absolute atomic E-state index is 7.26. The van der Waals surface area contributed by atoms with Gasteiger partial charge in [0.05, 0.1) is 0 Å². The van der Waals surface area contributed by atoms with E-state index in [1.54, 1.807) is 0 Å². The molecule has 2 nitrogen and oxygen atoms in total. The normalized spacial score (nSPS) is 2.00. The Hall–Kier alpha value is -0.423.